The van der Waals surface area contributed by atoms with Crippen molar-refractivity contribution in [1.29, 1.82) is 0 Å². The first-order chi connectivity index (χ1) is 9.97. The van der Waals surface area contributed by atoms with Gasteiger partial charge in [0.2, 0.25) is 0 Å². The van der Waals surface area contributed by atoms with Crippen LogP contribution in [-0.2, 0) is 0 Å². The van der Waals surface area contributed by atoms with E-state index in [2.05, 4.69) is 5.32 Å². The van der Waals surface area contributed by atoms with E-state index in [1.54, 1.807) is 48.5 Å². The molecule has 0 saturated carbocycles. The molecule has 2 aromatic rings. The molecule has 0 heterocycles. The monoisotopic (exact) mass is 324 g/mol. The highest BCUT2D eigenvalue weighted by Crippen LogP contribution is 2.28. The summed E-state index contributed by atoms with van der Waals surface area (Å²) < 4.78 is 0. The van der Waals surface area contributed by atoms with Crippen molar-refractivity contribution < 1.29 is 9.90 Å². The second-order valence-corrected chi connectivity index (χ2v) is 5.43. The lowest BCUT2D eigenvalue weighted by atomic mass is 9.94. The summed E-state index contributed by atoms with van der Waals surface area (Å²) in [5, 5.41) is 12.6. The van der Waals surface area contributed by atoms with Gasteiger partial charge < -0.3 is 16.2 Å². The maximum absolute atomic E-state index is 11.0. The van der Waals surface area contributed by atoms with Crippen LogP contribution in [0.15, 0.2) is 48.5 Å². The SMILES string of the molecule is N[C@@H](c1ccc(Cl)cc1)[C@H](NC(=O)O)c1ccc(Cl)cc1. The molecule has 1 amide bonds. The van der Waals surface area contributed by atoms with Gasteiger partial charge in [0.05, 0.1) is 12.1 Å². The van der Waals surface area contributed by atoms with E-state index in [-0.39, 0.29) is 0 Å². The van der Waals surface area contributed by atoms with Crippen molar-refractivity contribution in [2.24, 2.45) is 5.73 Å². The first-order valence-electron chi connectivity index (χ1n) is 6.23. The molecule has 21 heavy (non-hydrogen) atoms. The normalized spacial score (nSPS) is 13.5. The number of halogens is 2. The largest absolute Gasteiger partial charge is 0.465 e. The highest BCUT2D eigenvalue weighted by atomic mass is 35.5. The summed E-state index contributed by atoms with van der Waals surface area (Å²) in [7, 11) is 0. The zero-order chi connectivity index (χ0) is 15.4. The van der Waals surface area contributed by atoms with Crippen LogP contribution in [-0.4, -0.2) is 11.2 Å². The number of nitrogens with two attached hydrogens (primary N) is 1. The van der Waals surface area contributed by atoms with Crippen molar-refractivity contribution >= 4 is 29.3 Å². The van der Waals surface area contributed by atoms with Crippen LogP contribution in [0.1, 0.15) is 23.2 Å². The summed E-state index contributed by atoms with van der Waals surface area (Å²) in [5.74, 6) is 0. The lowest BCUT2D eigenvalue weighted by Crippen LogP contribution is -2.35. The van der Waals surface area contributed by atoms with Crippen LogP contribution in [0.5, 0.6) is 0 Å². The van der Waals surface area contributed by atoms with E-state index in [0.717, 1.165) is 11.1 Å². The third kappa shape index (κ3) is 4.11. The molecule has 0 aliphatic rings. The lowest BCUT2D eigenvalue weighted by Gasteiger charge is -2.24. The standard InChI is InChI=1S/C15H14Cl2N2O2/c16-11-5-1-9(2-6-11)13(18)14(19-15(20)21)10-3-7-12(17)8-4-10/h1-8,13-14,19H,18H2,(H,20,21)/t13-,14+/m0/s1. The summed E-state index contributed by atoms with van der Waals surface area (Å²) in [6.07, 6.45) is -1.14. The van der Waals surface area contributed by atoms with E-state index < -0.39 is 18.2 Å². The van der Waals surface area contributed by atoms with E-state index in [1.807, 2.05) is 0 Å². The number of carbonyl (C=O) groups is 1. The molecule has 6 heteroatoms. The Labute approximate surface area is 132 Å². The Kier molecular flexibility index (Phi) is 5.07. The third-order valence-corrected chi connectivity index (χ3v) is 3.63. The molecule has 0 bridgehead atoms. The first-order valence-corrected chi connectivity index (χ1v) is 6.99. The van der Waals surface area contributed by atoms with E-state index in [1.165, 1.54) is 0 Å². The van der Waals surface area contributed by atoms with Crippen LogP contribution in [0, 0.1) is 0 Å². The fourth-order valence-electron chi connectivity index (χ4n) is 2.06. The molecule has 4 N–H and O–H groups in total. The van der Waals surface area contributed by atoms with E-state index in [0.29, 0.717) is 10.0 Å². The van der Waals surface area contributed by atoms with Gasteiger partial charge in [0, 0.05) is 10.0 Å². The van der Waals surface area contributed by atoms with Crippen LogP contribution >= 0.6 is 23.2 Å². The minimum atomic E-state index is -1.14. The van der Waals surface area contributed by atoms with Crippen LogP contribution in [0.4, 0.5) is 4.79 Å². The molecule has 110 valence electrons. The van der Waals surface area contributed by atoms with Crippen LogP contribution in [0.2, 0.25) is 10.0 Å². The number of hydrogen-bond acceptors (Lipinski definition) is 2. The van der Waals surface area contributed by atoms with Gasteiger partial charge in [-0.05, 0) is 35.4 Å². The van der Waals surface area contributed by atoms with Gasteiger partial charge >= 0.3 is 6.09 Å². The van der Waals surface area contributed by atoms with Gasteiger partial charge in [-0.1, -0.05) is 47.5 Å². The van der Waals surface area contributed by atoms with Crippen LogP contribution in [0.3, 0.4) is 0 Å². The van der Waals surface area contributed by atoms with Crippen molar-refractivity contribution in [2.45, 2.75) is 12.1 Å². The minimum Gasteiger partial charge on any atom is -0.465 e. The topological polar surface area (TPSA) is 75.3 Å². The molecule has 0 aromatic heterocycles. The number of benzene rings is 2. The highest BCUT2D eigenvalue weighted by molar-refractivity contribution is 6.30. The predicted molar refractivity (Wildman–Crippen MR) is 83.7 cm³/mol. The van der Waals surface area contributed by atoms with Crippen molar-refractivity contribution in [3.63, 3.8) is 0 Å². The van der Waals surface area contributed by atoms with Crippen LogP contribution in [0.25, 0.3) is 0 Å². The Morgan fingerprint density at radius 2 is 1.38 bits per heavy atom. The molecule has 0 fully saturated rings. The first kappa shape index (κ1) is 15.6. The maximum Gasteiger partial charge on any atom is 0.405 e. The maximum atomic E-state index is 11.0. The van der Waals surface area contributed by atoms with Crippen LogP contribution < -0.4 is 11.1 Å². The third-order valence-electron chi connectivity index (χ3n) is 3.12. The molecule has 0 spiro atoms. The number of rotatable bonds is 4. The van der Waals surface area contributed by atoms with Crippen molar-refractivity contribution in [3.05, 3.63) is 69.7 Å². The summed E-state index contributed by atoms with van der Waals surface area (Å²) in [4.78, 5) is 11.0. The van der Waals surface area contributed by atoms with Crippen molar-refractivity contribution in [1.82, 2.24) is 5.32 Å². The summed E-state index contributed by atoms with van der Waals surface area (Å²) in [6, 6.07) is 12.8. The van der Waals surface area contributed by atoms with Gasteiger partial charge in [-0.3, -0.25) is 0 Å². The Morgan fingerprint density at radius 1 is 0.952 bits per heavy atom. The molecule has 0 saturated heterocycles. The molecule has 0 aliphatic carbocycles. The Balaban J connectivity index is 2.32. The van der Waals surface area contributed by atoms with Gasteiger partial charge in [0.1, 0.15) is 0 Å². The van der Waals surface area contributed by atoms with Gasteiger partial charge in [-0.15, -0.1) is 0 Å². The molecule has 0 unspecified atom stereocenters. The van der Waals surface area contributed by atoms with Gasteiger partial charge in [0.15, 0.2) is 0 Å². The summed E-state index contributed by atoms with van der Waals surface area (Å²) in [5.41, 5.74) is 7.73. The molecule has 4 nitrogen and oxygen atoms in total. The molecular formula is C15H14Cl2N2O2. The van der Waals surface area contributed by atoms with Gasteiger partial charge in [-0.2, -0.15) is 0 Å². The molecule has 2 rings (SSSR count). The second kappa shape index (κ2) is 6.80. The number of carboxylic acid groups (broad SMARTS) is 1. The number of amides is 1. The van der Waals surface area contributed by atoms with Gasteiger partial charge in [-0.25, -0.2) is 4.79 Å². The molecule has 0 radical (unpaired) electrons. The lowest BCUT2D eigenvalue weighted by molar-refractivity contribution is 0.187. The number of nitrogens with one attached hydrogen (secondary N) is 1. The smallest absolute Gasteiger partial charge is 0.405 e. The molecular weight excluding hydrogens is 311 g/mol. The van der Waals surface area contributed by atoms with Crippen molar-refractivity contribution in [3.8, 4) is 0 Å². The van der Waals surface area contributed by atoms with E-state index in [4.69, 9.17) is 34.0 Å². The average Bonchev–Trinajstić information content (AvgIpc) is 2.46. The minimum absolute atomic E-state index is 0.542. The molecule has 0 aliphatic heterocycles. The van der Waals surface area contributed by atoms with E-state index in [9.17, 15) is 4.79 Å². The zero-order valence-corrected chi connectivity index (χ0v) is 12.5. The fraction of sp³-hybridized carbons (Fsp3) is 0.133. The highest BCUT2D eigenvalue weighted by Gasteiger charge is 2.23. The second-order valence-electron chi connectivity index (χ2n) is 4.56. The molecule has 2 aromatic carbocycles. The Morgan fingerprint density at radius 3 is 1.81 bits per heavy atom. The van der Waals surface area contributed by atoms with Crippen molar-refractivity contribution in [2.75, 3.05) is 0 Å². The average molecular weight is 325 g/mol. The Hall–Kier alpha value is -1.75. The Bertz CT molecular complexity index is 615. The zero-order valence-electron chi connectivity index (χ0n) is 11.0. The quantitative estimate of drug-likeness (QED) is 0.795. The molecule has 2 atom stereocenters. The number of hydrogen-bond donors (Lipinski definition) is 3. The summed E-state index contributed by atoms with van der Waals surface area (Å²) >= 11 is 11.7. The van der Waals surface area contributed by atoms with Gasteiger partial charge in [0.25, 0.3) is 0 Å². The van der Waals surface area contributed by atoms with E-state index >= 15 is 0 Å². The predicted octanol–water partition coefficient (Wildman–Crippen LogP) is 4.00. The summed E-state index contributed by atoms with van der Waals surface area (Å²) in [6.45, 7) is 0. The fourth-order valence-corrected chi connectivity index (χ4v) is 2.31.